The van der Waals surface area contributed by atoms with Gasteiger partial charge in [-0.1, -0.05) is 6.07 Å². The average molecular weight is 292 g/mol. The molecule has 0 aliphatic carbocycles. The molecular weight excluding hydrogens is 268 g/mol. The smallest absolute Gasteiger partial charge is 0.239 e. The van der Waals surface area contributed by atoms with E-state index in [1.54, 1.807) is 33.2 Å². The van der Waals surface area contributed by atoms with Crippen molar-refractivity contribution in [1.29, 1.82) is 0 Å². The van der Waals surface area contributed by atoms with Gasteiger partial charge in [-0.15, -0.1) is 0 Å². The van der Waals surface area contributed by atoms with Crippen LogP contribution in [-0.4, -0.2) is 51.7 Å². The van der Waals surface area contributed by atoms with E-state index in [0.29, 0.717) is 0 Å². The summed E-state index contributed by atoms with van der Waals surface area (Å²) in [6, 6.07) is 5.67. The fraction of sp³-hybridized carbons (Fsp3) is 0.562. The summed E-state index contributed by atoms with van der Waals surface area (Å²) in [6.07, 6.45) is 1.72. The van der Waals surface area contributed by atoms with Crippen molar-refractivity contribution in [2.24, 2.45) is 0 Å². The molecule has 0 radical (unpaired) electrons. The van der Waals surface area contributed by atoms with Crippen LogP contribution in [0.4, 0.5) is 0 Å². The molecule has 1 saturated heterocycles. The van der Waals surface area contributed by atoms with Gasteiger partial charge in [0.1, 0.15) is 11.5 Å². The summed E-state index contributed by atoms with van der Waals surface area (Å²) in [5, 5.41) is 3.30. The monoisotopic (exact) mass is 292 g/mol. The number of benzene rings is 1. The van der Waals surface area contributed by atoms with Gasteiger partial charge in [-0.3, -0.25) is 4.79 Å². The Morgan fingerprint density at radius 2 is 1.86 bits per heavy atom. The molecule has 2 atom stereocenters. The van der Waals surface area contributed by atoms with Crippen molar-refractivity contribution in [2.45, 2.75) is 24.8 Å². The van der Waals surface area contributed by atoms with E-state index in [0.717, 1.165) is 36.4 Å². The summed E-state index contributed by atoms with van der Waals surface area (Å²) in [7, 11) is 6.91. The van der Waals surface area contributed by atoms with Crippen LogP contribution in [0.25, 0.3) is 0 Å². The Hall–Kier alpha value is -1.75. The Kier molecular flexibility index (Phi) is 5.07. The van der Waals surface area contributed by atoms with Gasteiger partial charge in [0.25, 0.3) is 0 Å². The number of nitrogens with one attached hydrogen (secondary N) is 1. The quantitative estimate of drug-likeness (QED) is 0.916. The number of rotatable bonds is 4. The lowest BCUT2D eigenvalue weighted by atomic mass is 9.85. The Balaban J connectivity index is 2.27. The molecule has 0 saturated carbocycles. The van der Waals surface area contributed by atoms with Gasteiger partial charge in [0, 0.05) is 19.7 Å². The number of methoxy groups -OCH3 is 2. The van der Waals surface area contributed by atoms with Crippen molar-refractivity contribution in [3.63, 3.8) is 0 Å². The maximum absolute atomic E-state index is 12.2. The minimum absolute atomic E-state index is 0.119. The highest BCUT2D eigenvalue weighted by Gasteiger charge is 2.31. The number of amides is 1. The minimum Gasteiger partial charge on any atom is -0.496 e. The van der Waals surface area contributed by atoms with Crippen LogP contribution < -0.4 is 14.8 Å². The summed E-state index contributed by atoms with van der Waals surface area (Å²) >= 11 is 0. The zero-order valence-corrected chi connectivity index (χ0v) is 13.2. The molecule has 116 valence electrons. The summed E-state index contributed by atoms with van der Waals surface area (Å²) < 4.78 is 11.0. The van der Waals surface area contributed by atoms with Crippen LogP contribution >= 0.6 is 0 Å². The summed E-state index contributed by atoms with van der Waals surface area (Å²) in [5.41, 5.74) is 1.07. The van der Waals surface area contributed by atoms with Crippen molar-refractivity contribution < 1.29 is 14.3 Å². The standard InChI is InChI=1S/C16H24N2O3/c1-18(2)16(19)12-10-11(8-9-17-12)15-13(20-3)6-5-7-14(15)21-4/h5-7,11-12,17H,8-10H2,1-4H3. The highest BCUT2D eigenvalue weighted by Crippen LogP contribution is 2.40. The lowest BCUT2D eigenvalue weighted by molar-refractivity contribution is -0.131. The molecule has 1 aliphatic heterocycles. The molecule has 0 spiro atoms. The third-order valence-corrected chi connectivity index (χ3v) is 4.02. The van der Waals surface area contributed by atoms with Gasteiger partial charge in [0.15, 0.2) is 0 Å². The van der Waals surface area contributed by atoms with Crippen molar-refractivity contribution >= 4 is 5.91 Å². The Morgan fingerprint density at radius 3 is 2.38 bits per heavy atom. The molecule has 2 rings (SSSR count). The molecule has 1 aliphatic rings. The van der Waals surface area contributed by atoms with Gasteiger partial charge in [0.05, 0.1) is 20.3 Å². The molecule has 1 heterocycles. The molecule has 1 aromatic rings. The number of hydrogen-bond acceptors (Lipinski definition) is 4. The normalized spacial score (nSPS) is 21.7. The largest absolute Gasteiger partial charge is 0.496 e. The van der Waals surface area contributed by atoms with E-state index in [-0.39, 0.29) is 17.9 Å². The first-order valence-electron chi connectivity index (χ1n) is 7.24. The molecule has 1 N–H and O–H groups in total. The second-order valence-corrected chi connectivity index (χ2v) is 5.54. The first-order valence-corrected chi connectivity index (χ1v) is 7.24. The highest BCUT2D eigenvalue weighted by atomic mass is 16.5. The maximum atomic E-state index is 12.2. The lowest BCUT2D eigenvalue weighted by Gasteiger charge is -2.32. The van der Waals surface area contributed by atoms with Crippen molar-refractivity contribution in [3.05, 3.63) is 23.8 Å². The number of carbonyl (C=O) groups is 1. The third kappa shape index (κ3) is 3.29. The lowest BCUT2D eigenvalue weighted by Crippen LogP contribution is -2.47. The predicted octanol–water partition coefficient (Wildman–Crippen LogP) is 1.63. The van der Waals surface area contributed by atoms with Gasteiger partial charge in [-0.25, -0.2) is 0 Å². The first-order chi connectivity index (χ1) is 10.1. The highest BCUT2D eigenvalue weighted by molar-refractivity contribution is 5.81. The number of likely N-dealkylation sites (N-methyl/N-ethyl adjacent to an activating group) is 1. The van der Waals surface area contributed by atoms with Crippen LogP contribution in [0.1, 0.15) is 24.3 Å². The van der Waals surface area contributed by atoms with E-state index in [1.165, 1.54) is 0 Å². The van der Waals surface area contributed by atoms with Gasteiger partial charge in [0.2, 0.25) is 5.91 Å². The van der Waals surface area contributed by atoms with Crippen LogP contribution in [0.15, 0.2) is 18.2 Å². The summed E-state index contributed by atoms with van der Waals surface area (Å²) in [6.45, 7) is 0.816. The van der Waals surface area contributed by atoms with Crippen molar-refractivity contribution in [3.8, 4) is 11.5 Å². The zero-order chi connectivity index (χ0) is 15.4. The average Bonchev–Trinajstić information content (AvgIpc) is 2.53. The van der Waals surface area contributed by atoms with Crippen LogP contribution in [0.3, 0.4) is 0 Å². The first kappa shape index (κ1) is 15.6. The number of ether oxygens (including phenoxy) is 2. The molecule has 0 bridgehead atoms. The fourth-order valence-electron chi connectivity index (χ4n) is 2.96. The van der Waals surface area contributed by atoms with Crippen molar-refractivity contribution in [2.75, 3.05) is 34.9 Å². The SMILES string of the molecule is COc1cccc(OC)c1C1CCNC(C(=O)N(C)C)C1. The van der Waals surface area contributed by atoms with Gasteiger partial charge in [-0.05, 0) is 37.4 Å². The maximum Gasteiger partial charge on any atom is 0.239 e. The Morgan fingerprint density at radius 1 is 1.24 bits per heavy atom. The number of hydrogen-bond donors (Lipinski definition) is 1. The van der Waals surface area contributed by atoms with E-state index in [4.69, 9.17) is 9.47 Å². The fourth-order valence-corrected chi connectivity index (χ4v) is 2.96. The summed E-state index contributed by atoms with van der Waals surface area (Å²) in [5.74, 6) is 2.04. The van der Waals surface area contributed by atoms with Crippen LogP contribution in [0.5, 0.6) is 11.5 Å². The van der Waals surface area contributed by atoms with Crippen LogP contribution in [-0.2, 0) is 4.79 Å². The topological polar surface area (TPSA) is 50.8 Å². The van der Waals surface area contributed by atoms with E-state index >= 15 is 0 Å². The Labute approximate surface area is 126 Å². The molecule has 2 unspecified atom stereocenters. The van der Waals surface area contributed by atoms with Crippen LogP contribution in [0.2, 0.25) is 0 Å². The Bertz CT molecular complexity index is 480. The third-order valence-electron chi connectivity index (χ3n) is 4.02. The second-order valence-electron chi connectivity index (χ2n) is 5.54. The molecule has 1 amide bonds. The van der Waals surface area contributed by atoms with E-state index in [2.05, 4.69) is 5.32 Å². The van der Waals surface area contributed by atoms with Crippen molar-refractivity contribution in [1.82, 2.24) is 10.2 Å². The molecule has 1 fully saturated rings. The molecule has 0 aromatic heterocycles. The molecule has 5 heteroatoms. The minimum atomic E-state index is -0.145. The predicted molar refractivity (Wildman–Crippen MR) is 82.0 cm³/mol. The van der Waals surface area contributed by atoms with Gasteiger partial charge < -0.3 is 19.7 Å². The molecule has 5 nitrogen and oxygen atoms in total. The van der Waals surface area contributed by atoms with E-state index in [1.807, 2.05) is 18.2 Å². The van der Waals surface area contributed by atoms with Crippen LogP contribution in [0, 0.1) is 0 Å². The number of carbonyl (C=O) groups excluding carboxylic acids is 1. The van der Waals surface area contributed by atoms with E-state index in [9.17, 15) is 4.79 Å². The van der Waals surface area contributed by atoms with Gasteiger partial charge >= 0.3 is 0 Å². The van der Waals surface area contributed by atoms with E-state index < -0.39 is 0 Å². The zero-order valence-electron chi connectivity index (χ0n) is 13.2. The number of piperidine rings is 1. The van der Waals surface area contributed by atoms with Gasteiger partial charge in [-0.2, -0.15) is 0 Å². The second kappa shape index (κ2) is 6.80. The molecular formula is C16H24N2O3. The molecule has 21 heavy (non-hydrogen) atoms. The summed E-state index contributed by atoms with van der Waals surface area (Å²) in [4.78, 5) is 13.8. The number of nitrogens with zero attached hydrogens (tertiary/aromatic N) is 1. The molecule has 1 aromatic carbocycles.